The third-order valence-corrected chi connectivity index (χ3v) is 7.55. The summed E-state index contributed by atoms with van der Waals surface area (Å²) in [5.41, 5.74) is 2.67. The first-order chi connectivity index (χ1) is 15.0. The molecular weight excluding hydrogens is 430 g/mol. The number of carbonyl (C=O) groups is 1. The summed E-state index contributed by atoms with van der Waals surface area (Å²) in [5.74, 6) is 1.57. The van der Waals surface area contributed by atoms with E-state index in [0.717, 1.165) is 48.4 Å². The van der Waals surface area contributed by atoms with Gasteiger partial charge >= 0.3 is 0 Å². The second-order valence-corrected chi connectivity index (χ2v) is 9.93. The predicted octanol–water partition coefficient (Wildman–Crippen LogP) is 5.36. The largest absolute Gasteiger partial charge is 0.469 e. The van der Waals surface area contributed by atoms with E-state index in [1.807, 2.05) is 17.6 Å². The number of nitrogens with zero attached hydrogens (tertiary/aromatic N) is 4. The van der Waals surface area contributed by atoms with Crippen LogP contribution in [0.2, 0.25) is 0 Å². The molecule has 9 heteroatoms. The van der Waals surface area contributed by atoms with Crippen LogP contribution in [-0.2, 0) is 17.6 Å². The Morgan fingerprint density at radius 3 is 2.87 bits per heavy atom. The summed E-state index contributed by atoms with van der Waals surface area (Å²) >= 11 is 2.90. The van der Waals surface area contributed by atoms with Crippen LogP contribution < -0.4 is 5.32 Å². The molecule has 0 aliphatic heterocycles. The number of carbonyl (C=O) groups excluding carboxylic acids is 1. The highest BCUT2D eigenvalue weighted by Crippen LogP contribution is 2.37. The highest BCUT2D eigenvalue weighted by Gasteiger charge is 2.23. The zero-order chi connectivity index (χ0) is 22.0. The first-order valence-corrected chi connectivity index (χ1v) is 12.3. The molecule has 3 aromatic rings. The summed E-state index contributed by atoms with van der Waals surface area (Å²) in [4.78, 5) is 13.9. The Labute approximate surface area is 189 Å². The first kappa shape index (κ1) is 21.7. The molecule has 1 aliphatic carbocycles. The third-order valence-electron chi connectivity index (χ3n) is 5.40. The van der Waals surface area contributed by atoms with Gasteiger partial charge in [0.2, 0.25) is 5.91 Å². The molecule has 3 heterocycles. The predicted molar refractivity (Wildman–Crippen MR) is 122 cm³/mol. The van der Waals surface area contributed by atoms with Gasteiger partial charge in [-0.1, -0.05) is 18.2 Å². The van der Waals surface area contributed by atoms with Crippen molar-refractivity contribution in [3.8, 4) is 17.5 Å². The molecule has 0 fully saturated rings. The fraction of sp³-hybridized carbons (Fsp3) is 0.455. The van der Waals surface area contributed by atoms with E-state index in [4.69, 9.17) is 4.42 Å². The number of thiophene rings is 1. The Balaban J connectivity index is 1.48. The van der Waals surface area contributed by atoms with E-state index in [9.17, 15) is 10.1 Å². The standard InChI is InChI=1S/C22H25N5O2S2/c1-13(2)27-20(15-9-10-29-14(15)3)25-26-22(27)30-12-19(28)24-21-17(11-23)16-7-5-4-6-8-18(16)31-21/h9-10,13H,4-8,12H2,1-3H3,(H,24,28). The lowest BCUT2D eigenvalue weighted by Gasteiger charge is -2.13. The van der Waals surface area contributed by atoms with Crippen LogP contribution in [-0.4, -0.2) is 26.4 Å². The van der Waals surface area contributed by atoms with Crippen LogP contribution in [0.15, 0.2) is 21.9 Å². The average molecular weight is 456 g/mol. The molecule has 0 radical (unpaired) electrons. The Morgan fingerprint density at radius 1 is 1.35 bits per heavy atom. The molecule has 4 rings (SSSR count). The van der Waals surface area contributed by atoms with Crippen LogP contribution in [0.1, 0.15) is 60.9 Å². The summed E-state index contributed by atoms with van der Waals surface area (Å²) in [6.07, 6.45) is 7.00. The highest BCUT2D eigenvalue weighted by atomic mass is 32.2. The van der Waals surface area contributed by atoms with E-state index >= 15 is 0 Å². The van der Waals surface area contributed by atoms with Crippen LogP contribution in [0.5, 0.6) is 0 Å². The van der Waals surface area contributed by atoms with Gasteiger partial charge in [-0.05, 0) is 58.1 Å². The van der Waals surface area contributed by atoms with Crippen LogP contribution >= 0.6 is 23.1 Å². The first-order valence-electron chi connectivity index (χ1n) is 10.5. The molecule has 0 atom stereocenters. The summed E-state index contributed by atoms with van der Waals surface area (Å²) in [6, 6.07) is 4.32. The zero-order valence-electron chi connectivity index (χ0n) is 17.9. The van der Waals surface area contributed by atoms with Crippen LogP contribution in [0.4, 0.5) is 5.00 Å². The van der Waals surface area contributed by atoms with Gasteiger partial charge in [-0.3, -0.25) is 9.36 Å². The number of fused-ring (bicyclic) bond motifs is 1. The number of aromatic nitrogens is 3. The summed E-state index contributed by atoms with van der Waals surface area (Å²) in [6.45, 7) is 6.01. The number of nitrogens with one attached hydrogen (secondary N) is 1. The number of hydrogen-bond donors (Lipinski definition) is 1. The van der Waals surface area contributed by atoms with Gasteiger partial charge in [-0.15, -0.1) is 21.5 Å². The van der Waals surface area contributed by atoms with Crippen molar-refractivity contribution < 1.29 is 9.21 Å². The Morgan fingerprint density at radius 2 is 2.16 bits per heavy atom. The van der Waals surface area contributed by atoms with Gasteiger partial charge in [0.25, 0.3) is 0 Å². The Kier molecular flexibility index (Phi) is 6.49. The van der Waals surface area contributed by atoms with Gasteiger partial charge in [0.1, 0.15) is 16.8 Å². The molecule has 1 N–H and O–H groups in total. The SMILES string of the molecule is Cc1occc1-c1nnc(SCC(=O)Nc2sc3c(c2C#N)CCCCC3)n1C(C)C. The number of rotatable bonds is 6. The maximum Gasteiger partial charge on any atom is 0.235 e. The maximum atomic E-state index is 12.7. The second-order valence-electron chi connectivity index (χ2n) is 7.88. The van der Waals surface area contributed by atoms with E-state index in [2.05, 4.69) is 35.4 Å². The van der Waals surface area contributed by atoms with E-state index in [0.29, 0.717) is 15.7 Å². The van der Waals surface area contributed by atoms with Crippen molar-refractivity contribution >= 4 is 34.0 Å². The van der Waals surface area contributed by atoms with Crippen LogP contribution in [0, 0.1) is 18.3 Å². The monoisotopic (exact) mass is 455 g/mol. The van der Waals surface area contributed by atoms with E-state index in [-0.39, 0.29) is 17.7 Å². The number of furan rings is 1. The zero-order valence-corrected chi connectivity index (χ0v) is 19.5. The van der Waals surface area contributed by atoms with E-state index in [1.54, 1.807) is 17.6 Å². The molecule has 0 spiro atoms. The summed E-state index contributed by atoms with van der Waals surface area (Å²) in [5, 5.41) is 22.6. The molecule has 0 bridgehead atoms. The third kappa shape index (κ3) is 4.41. The number of nitriles is 1. The fourth-order valence-electron chi connectivity index (χ4n) is 3.88. The van der Waals surface area contributed by atoms with Crippen molar-refractivity contribution in [1.29, 1.82) is 5.26 Å². The summed E-state index contributed by atoms with van der Waals surface area (Å²) in [7, 11) is 0. The minimum absolute atomic E-state index is 0.128. The van der Waals surface area contributed by atoms with Crippen molar-refractivity contribution in [2.45, 2.75) is 64.1 Å². The molecule has 0 aromatic carbocycles. The van der Waals surface area contributed by atoms with Gasteiger partial charge in [-0.25, -0.2) is 0 Å². The molecule has 7 nitrogen and oxygen atoms in total. The smallest absolute Gasteiger partial charge is 0.235 e. The normalized spacial score (nSPS) is 13.6. The lowest BCUT2D eigenvalue weighted by atomic mass is 10.1. The fourth-order valence-corrected chi connectivity index (χ4v) is 6.01. The molecule has 0 unspecified atom stereocenters. The lowest BCUT2D eigenvalue weighted by molar-refractivity contribution is -0.113. The van der Waals surface area contributed by atoms with Gasteiger partial charge in [0.15, 0.2) is 11.0 Å². The lowest BCUT2D eigenvalue weighted by Crippen LogP contribution is -2.15. The van der Waals surface area contributed by atoms with Gasteiger partial charge in [0, 0.05) is 10.9 Å². The molecule has 0 saturated carbocycles. The molecule has 1 aliphatic rings. The van der Waals surface area contributed by atoms with Crippen molar-refractivity contribution in [3.63, 3.8) is 0 Å². The quantitative estimate of drug-likeness (QED) is 0.397. The number of anilines is 1. The topological polar surface area (TPSA) is 96.7 Å². The van der Waals surface area contributed by atoms with Crippen LogP contribution in [0.3, 0.4) is 0 Å². The van der Waals surface area contributed by atoms with Crippen LogP contribution in [0.25, 0.3) is 11.4 Å². The van der Waals surface area contributed by atoms with Crippen molar-refractivity contribution in [2.75, 3.05) is 11.1 Å². The molecule has 0 saturated heterocycles. The average Bonchev–Trinajstić information content (AvgIpc) is 3.38. The molecular formula is C22H25N5O2S2. The Bertz CT molecular complexity index is 1140. The molecule has 162 valence electrons. The van der Waals surface area contributed by atoms with E-state index in [1.165, 1.54) is 23.1 Å². The Hall–Kier alpha value is -2.57. The minimum atomic E-state index is -0.141. The van der Waals surface area contributed by atoms with Gasteiger partial charge < -0.3 is 9.73 Å². The van der Waals surface area contributed by atoms with E-state index < -0.39 is 0 Å². The number of aryl methyl sites for hydroxylation is 2. The number of thioether (sulfide) groups is 1. The summed E-state index contributed by atoms with van der Waals surface area (Å²) < 4.78 is 7.43. The second kappa shape index (κ2) is 9.28. The van der Waals surface area contributed by atoms with Crippen molar-refractivity contribution in [1.82, 2.24) is 14.8 Å². The van der Waals surface area contributed by atoms with Crippen molar-refractivity contribution in [3.05, 3.63) is 34.1 Å². The maximum absolute atomic E-state index is 12.7. The minimum Gasteiger partial charge on any atom is -0.469 e. The molecule has 3 aromatic heterocycles. The van der Waals surface area contributed by atoms with Gasteiger partial charge in [0.05, 0.1) is 23.1 Å². The number of amides is 1. The highest BCUT2D eigenvalue weighted by molar-refractivity contribution is 7.99. The number of hydrogen-bond acceptors (Lipinski definition) is 7. The van der Waals surface area contributed by atoms with Gasteiger partial charge in [-0.2, -0.15) is 5.26 Å². The molecule has 31 heavy (non-hydrogen) atoms. The van der Waals surface area contributed by atoms with Crippen molar-refractivity contribution in [2.24, 2.45) is 0 Å². The molecule has 1 amide bonds.